The van der Waals surface area contributed by atoms with E-state index in [1.165, 1.54) is 21.9 Å². The summed E-state index contributed by atoms with van der Waals surface area (Å²) >= 11 is 13.1. The number of hydrogen-bond donors (Lipinski definition) is 0. The number of nitrogens with zero attached hydrogens (tertiary/aromatic N) is 4. The first kappa shape index (κ1) is 31.7. The molecule has 0 aromatic heterocycles. The van der Waals surface area contributed by atoms with Gasteiger partial charge in [-0.3, -0.25) is 9.59 Å². The molecular weight excluding hydrogens is 629 g/mol. The Morgan fingerprint density at radius 2 is 1.04 bits per heavy atom. The zero-order chi connectivity index (χ0) is 32.6. The molecule has 4 aliphatic rings. The molecule has 9 nitrogen and oxygen atoms in total. The zero-order valence-corrected chi connectivity index (χ0v) is 27.0. The van der Waals surface area contributed by atoms with Crippen molar-refractivity contribution in [3.8, 4) is 0 Å². The summed E-state index contributed by atoms with van der Waals surface area (Å²) in [5.41, 5.74) is -2.42. The van der Waals surface area contributed by atoms with Crippen molar-refractivity contribution in [1.29, 1.82) is 0 Å². The van der Waals surface area contributed by atoms with E-state index in [4.69, 9.17) is 27.9 Å². The quantitative estimate of drug-likeness (QED) is 0.308. The molecule has 6 amide bonds. The van der Waals surface area contributed by atoms with Crippen molar-refractivity contribution >= 4 is 58.5 Å². The first-order valence-corrected chi connectivity index (χ1v) is 15.9. The number of piperidine rings is 2. The summed E-state index contributed by atoms with van der Waals surface area (Å²) < 4.78 is 37.3. The van der Waals surface area contributed by atoms with Gasteiger partial charge in [-0.05, 0) is 90.5 Å². The lowest BCUT2D eigenvalue weighted by atomic mass is 9.92. The van der Waals surface area contributed by atoms with Crippen molar-refractivity contribution in [1.82, 2.24) is 9.80 Å². The number of benzene rings is 2. The normalized spacial score (nSPS) is 22.5. The van der Waals surface area contributed by atoms with Crippen LogP contribution in [0.15, 0.2) is 24.3 Å². The van der Waals surface area contributed by atoms with Crippen LogP contribution >= 0.6 is 23.2 Å². The lowest BCUT2D eigenvalue weighted by Gasteiger charge is -2.38. The maximum absolute atomic E-state index is 15.3. The van der Waals surface area contributed by atoms with Gasteiger partial charge in [0.1, 0.15) is 23.7 Å². The monoisotopic (exact) mass is 662 g/mol. The number of imide groups is 2. The van der Waals surface area contributed by atoms with Crippen molar-refractivity contribution < 1.29 is 32.7 Å². The Labute approximate surface area is 270 Å². The van der Waals surface area contributed by atoms with E-state index in [0.29, 0.717) is 37.1 Å². The highest BCUT2D eigenvalue weighted by Gasteiger charge is 2.49. The van der Waals surface area contributed by atoms with Gasteiger partial charge in [0.25, 0.3) is 11.8 Å². The number of fused-ring (bicyclic) bond motifs is 2. The van der Waals surface area contributed by atoms with Crippen LogP contribution in [0.25, 0.3) is 0 Å². The second-order valence-electron chi connectivity index (χ2n) is 13.0. The maximum atomic E-state index is 15.3. The van der Waals surface area contributed by atoms with E-state index in [2.05, 4.69) is 0 Å². The minimum atomic E-state index is -1.28. The predicted octanol–water partition coefficient (Wildman–Crippen LogP) is 7.10. The first-order chi connectivity index (χ1) is 21.1. The number of urea groups is 2. The van der Waals surface area contributed by atoms with Gasteiger partial charge in [0.05, 0.1) is 22.6 Å². The molecule has 4 fully saturated rings. The summed E-state index contributed by atoms with van der Waals surface area (Å²) in [4.78, 5) is 57.5. The van der Waals surface area contributed by atoms with Crippen LogP contribution in [0.5, 0.6) is 0 Å². The maximum Gasteiger partial charge on any atom is 0.332 e. The summed E-state index contributed by atoms with van der Waals surface area (Å²) in [6, 6.07) is 2.37. The van der Waals surface area contributed by atoms with Crippen LogP contribution in [0.2, 0.25) is 10.0 Å². The second kappa shape index (κ2) is 11.2. The van der Waals surface area contributed by atoms with Crippen molar-refractivity contribution in [2.75, 3.05) is 22.9 Å². The molecule has 4 heterocycles. The molecule has 13 heteroatoms. The van der Waals surface area contributed by atoms with Gasteiger partial charge in [-0.15, -0.1) is 0 Å². The van der Waals surface area contributed by atoms with Crippen molar-refractivity contribution in [2.45, 2.75) is 89.5 Å². The fraction of sp³-hybridized carbons (Fsp3) is 0.500. The third kappa shape index (κ3) is 5.16. The van der Waals surface area contributed by atoms with Crippen LogP contribution in [-0.4, -0.2) is 58.8 Å². The van der Waals surface area contributed by atoms with Gasteiger partial charge >= 0.3 is 12.1 Å². The van der Waals surface area contributed by atoms with Crippen LogP contribution in [0.1, 0.15) is 77.3 Å². The van der Waals surface area contributed by atoms with Crippen molar-refractivity contribution in [3.63, 3.8) is 0 Å². The van der Waals surface area contributed by atoms with E-state index in [1.54, 1.807) is 27.7 Å². The van der Waals surface area contributed by atoms with Gasteiger partial charge in [-0.25, -0.2) is 28.2 Å². The summed E-state index contributed by atoms with van der Waals surface area (Å²) in [5, 5.41) is 0.00866. The third-order valence-electron chi connectivity index (χ3n) is 9.25. The standard InChI is InChI=1S/C32H34Cl2F2N4O5/c1-31(2,17-13-25(21(35)15-19(17)33)39-27(41)23-9-5-7-11-37(23)29(39)43)45-32(3,4)18-14-26(22(36)16-20(18)34)40-28(42)24-10-6-8-12-38(24)30(40)44/h13-16,23-24H,5-12H2,1-4H3. The van der Waals surface area contributed by atoms with Gasteiger partial charge in [0.15, 0.2) is 0 Å². The predicted molar refractivity (Wildman–Crippen MR) is 164 cm³/mol. The fourth-order valence-corrected chi connectivity index (χ4v) is 7.87. The summed E-state index contributed by atoms with van der Waals surface area (Å²) in [6.07, 6.45) is 4.15. The van der Waals surface area contributed by atoms with Crippen LogP contribution < -0.4 is 9.80 Å². The van der Waals surface area contributed by atoms with Gasteiger partial charge < -0.3 is 14.5 Å². The molecule has 4 saturated heterocycles. The van der Waals surface area contributed by atoms with Gasteiger partial charge in [-0.1, -0.05) is 23.2 Å². The molecule has 45 heavy (non-hydrogen) atoms. The fourth-order valence-electron chi connectivity index (χ4n) is 7.11. The number of hydrogen-bond acceptors (Lipinski definition) is 5. The molecule has 2 aromatic carbocycles. The minimum absolute atomic E-state index is 0.00433. The molecule has 0 aliphatic carbocycles. The summed E-state index contributed by atoms with van der Waals surface area (Å²) in [5.74, 6) is -2.64. The van der Waals surface area contributed by atoms with Crippen LogP contribution in [-0.2, 0) is 25.5 Å². The molecule has 2 aromatic rings. The first-order valence-electron chi connectivity index (χ1n) is 15.1. The SMILES string of the molecule is CC(C)(OC(C)(C)c1cc(N2C(=O)C3CCCCN3C2=O)c(F)cc1Cl)c1cc(N2C(=O)C3CCCCN3C2=O)c(F)cc1Cl. The van der Waals surface area contributed by atoms with E-state index in [-0.39, 0.29) is 21.4 Å². The number of rotatable bonds is 6. The minimum Gasteiger partial charge on any atom is -0.360 e. The Morgan fingerprint density at radius 3 is 1.40 bits per heavy atom. The Morgan fingerprint density at radius 1 is 0.667 bits per heavy atom. The highest BCUT2D eigenvalue weighted by molar-refractivity contribution is 6.32. The molecule has 0 spiro atoms. The third-order valence-corrected chi connectivity index (χ3v) is 9.88. The van der Waals surface area contributed by atoms with Crippen LogP contribution in [0.4, 0.5) is 29.7 Å². The molecule has 0 N–H and O–H groups in total. The average molecular weight is 664 g/mol. The van der Waals surface area contributed by atoms with E-state index in [1.807, 2.05) is 0 Å². The number of ether oxygens (including phenoxy) is 1. The Balaban J connectivity index is 1.33. The molecule has 240 valence electrons. The highest BCUT2D eigenvalue weighted by atomic mass is 35.5. The number of amides is 6. The molecule has 2 unspecified atom stereocenters. The van der Waals surface area contributed by atoms with Crippen LogP contribution in [0, 0.1) is 11.6 Å². The number of halogens is 4. The molecule has 0 saturated carbocycles. The van der Waals surface area contributed by atoms with E-state index < -0.39 is 58.8 Å². The zero-order valence-electron chi connectivity index (χ0n) is 25.5. The topological polar surface area (TPSA) is 90.5 Å². The highest BCUT2D eigenvalue weighted by Crippen LogP contribution is 2.45. The lowest BCUT2D eigenvalue weighted by Crippen LogP contribution is -2.39. The molecule has 2 atom stereocenters. The average Bonchev–Trinajstić information content (AvgIpc) is 3.37. The smallest absolute Gasteiger partial charge is 0.332 e. The number of carbonyl (C=O) groups is 4. The molecule has 4 aliphatic heterocycles. The van der Waals surface area contributed by atoms with E-state index >= 15 is 8.78 Å². The Kier molecular flexibility index (Phi) is 7.89. The second-order valence-corrected chi connectivity index (χ2v) is 13.8. The molecular formula is C32H34Cl2F2N4O5. The van der Waals surface area contributed by atoms with Crippen molar-refractivity contribution in [3.05, 3.63) is 57.1 Å². The van der Waals surface area contributed by atoms with Crippen LogP contribution in [0.3, 0.4) is 0 Å². The van der Waals surface area contributed by atoms with E-state index in [9.17, 15) is 19.2 Å². The largest absolute Gasteiger partial charge is 0.360 e. The molecule has 0 radical (unpaired) electrons. The number of carbonyl (C=O) groups excluding carboxylic acids is 4. The van der Waals surface area contributed by atoms with E-state index in [0.717, 1.165) is 47.6 Å². The summed E-state index contributed by atoms with van der Waals surface area (Å²) in [6.45, 7) is 7.56. The number of anilines is 2. The van der Waals surface area contributed by atoms with Crippen molar-refractivity contribution in [2.24, 2.45) is 0 Å². The molecule has 0 bridgehead atoms. The van der Waals surface area contributed by atoms with Gasteiger partial charge in [-0.2, -0.15) is 0 Å². The Bertz CT molecular complexity index is 1470. The van der Waals surface area contributed by atoms with Gasteiger partial charge in [0, 0.05) is 34.3 Å². The molecule has 6 rings (SSSR count). The summed E-state index contributed by atoms with van der Waals surface area (Å²) in [7, 11) is 0. The van der Waals surface area contributed by atoms with Gasteiger partial charge in [0.2, 0.25) is 0 Å². The Hall–Kier alpha value is -3.28. The lowest BCUT2D eigenvalue weighted by molar-refractivity contribution is -0.132.